The SMILES string of the molecule is CCn1nc(C)c2c(N3CCCC3CO[Si](C)(C)C(C)(C)C)nc(Nc3cn(-c4cc(OC)c(OC)c(OC)c4)cn3)nc21. The fraction of sp³-hybridized carbons (Fsp3) is 0.548. The zero-order chi connectivity index (χ0) is 31.8. The molecule has 1 fully saturated rings. The van der Waals surface area contributed by atoms with Crippen molar-refractivity contribution in [3.8, 4) is 22.9 Å². The Balaban J connectivity index is 1.48. The number of imidazole rings is 1. The molecule has 44 heavy (non-hydrogen) atoms. The van der Waals surface area contributed by atoms with Gasteiger partial charge in [-0.15, -0.1) is 0 Å². The molecule has 0 saturated carbocycles. The second kappa shape index (κ2) is 12.3. The van der Waals surface area contributed by atoms with Gasteiger partial charge in [0, 0.05) is 25.2 Å². The number of methoxy groups -OCH3 is 3. The monoisotopic (exact) mass is 622 g/mol. The van der Waals surface area contributed by atoms with Crippen LogP contribution in [0.4, 0.5) is 17.6 Å². The van der Waals surface area contributed by atoms with Crippen LogP contribution in [0.15, 0.2) is 24.7 Å². The first-order valence-electron chi connectivity index (χ1n) is 15.2. The molecule has 0 bridgehead atoms. The van der Waals surface area contributed by atoms with E-state index in [9.17, 15) is 0 Å². The minimum Gasteiger partial charge on any atom is -0.493 e. The van der Waals surface area contributed by atoms with Gasteiger partial charge in [0.1, 0.15) is 12.1 Å². The number of benzene rings is 1. The predicted octanol–water partition coefficient (Wildman–Crippen LogP) is 6.10. The summed E-state index contributed by atoms with van der Waals surface area (Å²) in [5.41, 5.74) is 2.53. The van der Waals surface area contributed by atoms with Crippen LogP contribution in [-0.4, -0.2) is 78.1 Å². The Bertz CT molecular complexity index is 1600. The Morgan fingerprint density at radius 2 is 1.75 bits per heavy atom. The van der Waals surface area contributed by atoms with E-state index in [2.05, 4.69) is 56.0 Å². The summed E-state index contributed by atoms with van der Waals surface area (Å²) in [4.78, 5) is 17.0. The Morgan fingerprint density at radius 3 is 2.36 bits per heavy atom. The number of anilines is 3. The summed E-state index contributed by atoms with van der Waals surface area (Å²) in [6.07, 6.45) is 5.74. The number of nitrogens with zero attached hydrogens (tertiary/aromatic N) is 7. The summed E-state index contributed by atoms with van der Waals surface area (Å²) in [6.45, 7) is 17.9. The first-order chi connectivity index (χ1) is 20.9. The van der Waals surface area contributed by atoms with Gasteiger partial charge in [-0.25, -0.2) is 9.67 Å². The average molecular weight is 623 g/mol. The highest BCUT2D eigenvalue weighted by Crippen LogP contribution is 2.40. The maximum atomic E-state index is 6.70. The summed E-state index contributed by atoms with van der Waals surface area (Å²) >= 11 is 0. The lowest BCUT2D eigenvalue weighted by atomic mass is 10.2. The Labute approximate surface area is 260 Å². The molecular weight excluding hydrogens is 576 g/mol. The minimum absolute atomic E-state index is 0.153. The van der Waals surface area contributed by atoms with Crippen LogP contribution in [0.3, 0.4) is 0 Å². The zero-order valence-corrected chi connectivity index (χ0v) is 28.7. The van der Waals surface area contributed by atoms with Crippen molar-refractivity contribution in [3.05, 3.63) is 30.4 Å². The molecule has 238 valence electrons. The summed E-state index contributed by atoms with van der Waals surface area (Å²) in [7, 11) is 2.88. The molecule has 1 N–H and O–H groups in total. The molecule has 12 nitrogen and oxygen atoms in total. The molecule has 0 amide bonds. The lowest BCUT2D eigenvalue weighted by Gasteiger charge is -2.38. The molecule has 3 aromatic heterocycles. The second-order valence-corrected chi connectivity index (χ2v) is 17.5. The molecule has 1 atom stereocenters. The summed E-state index contributed by atoms with van der Waals surface area (Å²) in [6, 6.07) is 3.98. The van der Waals surface area contributed by atoms with Gasteiger partial charge in [0.05, 0.1) is 56.9 Å². The molecule has 0 aliphatic carbocycles. The molecule has 1 unspecified atom stereocenters. The average Bonchev–Trinajstić information content (AvgIpc) is 3.73. The van der Waals surface area contributed by atoms with Gasteiger partial charge in [0.25, 0.3) is 0 Å². The predicted molar refractivity (Wildman–Crippen MR) is 176 cm³/mol. The van der Waals surface area contributed by atoms with E-state index in [0.717, 1.165) is 47.6 Å². The van der Waals surface area contributed by atoms with Gasteiger partial charge in [-0.2, -0.15) is 15.1 Å². The number of rotatable bonds is 11. The van der Waals surface area contributed by atoms with Crippen LogP contribution < -0.4 is 24.4 Å². The molecule has 5 rings (SSSR count). The van der Waals surface area contributed by atoms with Gasteiger partial charge < -0.3 is 33.4 Å². The first kappa shape index (κ1) is 31.6. The van der Waals surface area contributed by atoms with Gasteiger partial charge in [-0.05, 0) is 44.8 Å². The fourth-order valence-corrected chi connectivity index (χ4v) is 6.42. The van der Waals surface area contributed by atoms with E-state index in [-0.39, 0.29) is 11.1 Å². The van der Waals surface area contributed by atoms with Gasteiger partial charge in [-0.1, -0.05) is 20.8 Å². The van der Waals surface area contributed by atoms with Crippen LogP contribution in [0.1, 0.15) is 46.2 Å². The van der Waals surface area contributed by atoms with Crippen molar-refractivity contribution in [1.82, 2.24) is 29.3 Å². The molecule has 13 heteroatoms. The molecule has 1 aliphatic heterocycles. The number of hydrogen-bond acceptors (Lipinski definition) is 10. The van der Waals surface area contributed by atoms with Crippen LogP contribution in [0.5, 0.6) is 17.2 Å². The number of hydrogen-bond donors (Lipinski definition) is 1. The molecular formula is C31H46N8O4Si. The smallest absolute Gasteiger partial charge is 0.232 e. The van der Waals surface area contributed by atoms with Gasteiger partial charge in [0.15, 0.2) is 31.3 Å². The number of aromatic nitrogens is 6. The standard InChI is InChI=1S/C31H46N8O4Si/c1-11-39-29-26(20(2)36-39)28(38-14-12-13-21(38)18-43-44(9,10)31(3,4)5)34-30(35-29)33-25-17-37(19-32-25)22-15-23(40-6)27(42-8)24(16-22)41-7/h15-17,19,21H,11-14,18H2,1-10H3,(H,33,34,35). The van der Waals surface area contributed by atoms with Crippen LogP contribution in [0.2, 0.25) is 18.1 Å². The van der Waals surface area contributed by atoms with Crippen molar-refractivity contribution in [2.24, 2.45) is 0 Å². The Kier molecular flexibility index (Phi) is 8.81. The third-order valence-corrected chi connectivity index (χ3v) is 13.4. The molecule has 4 heterocycles. The van der Waals surface area contributed by atoms with E-state index in [1.54, 1.807) is 27.7 Å². The third-order valence-electron chi connectivity index (χ3n) is 8.91. The van der Waals surface area contributed by atoms with E-state index in [4.69, 9.17) is 33.7 Å². The minimum atomic E-state index is -1.90. The number of ether oxygens (including phenoxy) is 3. The molecule has 4 aromatic rings. The number of fused-ring (bicyclic) bond motifs is 1. The van der Waals surface area contributed by atoms with Crippen molar-refractivity contribution in [2.45, 2.75) is 78.2 Å². The van der Waals surface area contributed by atoms with Crippen LogP contribution in [0, 0.1) is 6.92 Å². The topological polar surface area (TPSA) is 114 Å². The quantitative estimate of drug-likeness (QED) is 0.197. The Morgan fingerprint density at radius 1 is 1.05 bits per heavy atom. The largest absolute Gasteiger partial charge is 0.493 e. The van der Waals surface area contributed by atoms with Gasteiger partial charge in [0.2, 0.25) is 11.7 Å². The molecule has 0 radical (unpaired) electrons. The van der Waals surface area contributed by atoms with Crippen LogP contribution in [-0.2, 0) is 11.0 Å². The van der Waals surface area contributed by atoms with E-state index >= 15 is 0 Å². The highest BCUT2D eigenvalue weighted by Gasteiger charge is 2.39. The fourth-order valence-electron chi connectivity index (χ4n) is 5.38. The lowest BCUT2D eigenvalue weighted by molar-refractivity contribution is 0.263. The van der Waals surface area contributed by atoms with E-state index < -0.39 is 8.32 Å². The zero-order valence-electron chi connectivity index (χ0n) is 27.7. The third kappa shape index (κ3) is 5.94. The molecule has 0 spiro atoms. The normalized spacial score (nSPS) is 15.7. The van der Waals surface area contributed by atoms with E-state index in [1.165, 1.54) is 0 Å². The summed E-state index contributed by atoms with van der Waals surface area (Å²) in [5.74, 6) is 3.61. The molecule has 1 aromatic carbocycles. The lowest BCUT2D eigenvalue weighted by Crippen LogP contribution is -2.45. The summed E-state index contributed by atoms with van der Waals surface area (Å²) < 4.78 is 27.1. The van der Waals surface area contributed by atoms with Crippen molar-refractivity contribution in [3.63, 3.8) is 0 Å². The van der Waals surface area contributed by atoms with Gasteiger partial charge >= 0.3 is 0 Å². The highest BCUT2D eigenvalue weighted by atomic mass is 28.4. The van der Waals surface area contributed by atoms with Crippen molar-refractivity contribution < 1.29 is 18.6 Å². The van der Waals surface area contributed by atoms with Crippen molar-refractivity contribution >= 4 is 36.9 Å². The van der Waals surface area contributed by atoms with E-state index in [0.29, 0.717) is 42.2 Å². The number of nitrogens with one attached hydrogen (secondary N) is 1. The van der Waals surface area contributed by atoms with Crippen molar-refractivity contribution in [1.29, 1.82) is 0 Å². The van der Waals surface area contributed by atoms with Crippen LogP contribution >= 0.6 is 0 Å². The molecule has 1 saturated heterocycles. The Hall–Kier alpha value is -3.84. The van der Waals surface area contributed by atoms with Crippen molar-refractivity contribution in [2.75, 3.05) is 44.7 Å². The first-order valence-corrected chi connectivity index (χ1v) is 18.1. The maximum Gasteiger partial charge on any atom is 0.232 e. The highest BCUT2D eigenvalue weighted by molar-refractivity contribution is 6.74. The van der Waals surface area contributed by atoms with Crippen LogP contribution in [0.25, 0.3) is 16.7 Å². The molecule has 1 aliphatic rings. The second-order valence-electron chi connectivity index (χ2n) is 12.7. The maximum absolute atomic E-state index is 6.70. The van der Waals surface area contributed by atoms with E-state index in [1.807, 2.05) is 34.5 Å². The number of aryl methyl sites for hydroxylation is 2. The summed E-state index contributed by atoms with van der Waals surface area (Å²) in [5, 5.41) is 9.29. The van der Waals surface area contributed by atoms with Gasteiger partial charge in [-0.3, -0.25) is 0 Å².